The normalized spacial score (nSPS) is 19.1. The lowest BCUT2D eigenvalue weighted by Gasteiger charge is -2.40. The lowest BCUT2D eigenvalue weighted by atomic mass is 9.66. The lowest BCUT2D eigenvalue weighted by molar-refractivity contribution is -0.124. The van der Waals surface area contributed by atoms with E-state index in [0.717, 1.165) is 25.8 Å². The van der Waals surface area contributed by atoms with E-state index in [1.807, 2.05) is 0 Å². The zero-order valence-electron chi connectivity index (χ0n) is 12.1. The molecule has 18 heavy (non-hydrogen) atoms. The molecule has 106 valence electrons. The summed E-state index contributed by atoms with van der Waals surface area (Å²) in [5.74, 6) is 0.846. The van der Waals surface area contributed by atoms with E-state index in [-0.39, 0.29) is 11.3 Å². The van der Waals surface area contributed by atoms with Crippen molar-refractivity contribution >= 4 is 5.91 Å². The van der Waals surface area contributed by atoms with Gasteiger partial charge in [0.2, 0.25) is 5.91 Å². The summed E-state index contributed by atoms with van der Waals surface area (Å²) >= 11 is 0. The molecule has 1 saturated carbocycles. The van der Waals surface area contributed by atoms with Gasteiger partial charge in [-0.3, -0.25) is 4.79 Å². The number of carbonyl (C=O) groups is 1. The maximum absolute atomic E-state index is 11.9. The molecule has 0 aromatic carbocycles. The molecule has 1 aliphatic carbocycles. The molecule has 0 aromatic heterocycles. The Hall–Kier alpha value is -0.570. The van der Waals surface area contributed by atoms with E-state index in [2.05, 4.69) is 19.2 Å². The smallest absolute Gasteiger partial charge is 0.220 e. The summed E-state index contributed by atoms with van der Waals surface area (Å²) in [5, 5.41) is 3.11. The van der Waals surface area contributed by atoms with Crippen molar-refractivity contribution in [3.63, 3.8) is 0 Å². The van der Waals surface area contributed by atoms with Gasteiger partial charge in [0.05, 0.1) is 0 Å². The van der Waals surface area contributed by atoms with E-state index in [4.69, 9.17) is 5.73 Å². The maximum Gasteiger partial charge on any atom is 0.220 e. The Morgan fingerprint density at radius 1 is 1.39 bits per heavy atom. The second-order valence-electron chi connectivity index (χ2n) is 5.96. The molecule has 1 unspecified atom stereocenters. The molecule has 1 fully saturated rings. The van der Waals surface area contributed by atoms with Crippen LogP contribution >= 0.6 is 0 Å². The van der Waals surface area contributed by atoms with Crippen LogP contribution in [0.5, 0.6) is 0 Å². The Morgan fingerprint density at radius 2 is 2.11 bits per heavy atom. The quantitative estimate of drug-likeness (QED) is 0.665. The van der Waals surface area contributed by atoms with Crippen LogP contribution < -0.4 is 11.1 Å². The van der Waals surface area contributed by atoms with Crippen molar-refractivity contribution in [3.8, 4) is 0 Å². The molecule has 0 aromatic rings. The highest BCUT2D eigenvalue weighted by molar-refractivity contribution is 5.76. The number of nitrogens with one attached hydrogen (secondary N) is 1. The third-order valence-corrected chi connectivity index (χ3v) is 4.51. The average Bonchev–Trinajstić information content (AvgIpc) is 2.34. The van der Waals surface area contributed by atoms with Gasteiger partial charge < -0.3 is 11.1 Å². The van der Waals surface area contributed by atoms with Gasteiger partial charge in [-0.2, -0.15) is 0 Å². The minimum absolute atomic E-state index is 0.134. The Morgan fingerprint density at radius 3 is 2.56 bits per heavy atom. The Balaban J connectivity index is 2.22. The van der Waals surface area contributed by atoms with E-state index < -0.39 is 0 Å². The molecule has 0 saturated heterocycles. The first kappa shape index (κ1) is 15.5. The van der Waals surface area contributed by atoms with Crippen LogP contribution in [-0.4, -0.2) is 19.0 Å². The molecule has 0 heterocycles. The SMILES string of the molecule is CCCCC(CC)CNC(=O)CC1(CN)CCC1. The fourth-order valence-corrected chi connectivity index (χ4v) is 2.73. The second kappa shape index (κ2) is 7.78. The van der Waals surface area contributed by atoms with E-state index in [0.29, 0.717) is 18.9 Å². The predicted molar refractivity (Wildman–Crippen MR) is 76.3 cm³/mol. The summed E-state index contributed by atoms with van der Waals surface area (Å²) < 4.78 is 0. The highest BCUT2D eigenvalue weighted by atomic mass is 16.1. The van der Waals surface area contributed by atoms with Crippen LogP contribution in [0.25, 0.3) is 0 Å². The van der Waals surface area contributed by atoms with Gasteiger partial charge in [-0.25, -0.2) is 0 Å². The summed E-state index contributed by atoms with van der Waals surface area (Å²) in [6.07, 6.45) is 9.01. The first-order valence-corrected chi connectivity index (χ1v) is 7.62. The third kappa shape index (κ3) is 4.60. The lowest BCUT2D eigenvalue weighted by Crippen LogP contribution is -2.42. The summed E-state index contributed by atoms with van der Waals surface area (Å²) in [5.41, 5.74) is 5.92. The van der Waals surface area contributed by atoms with Gasteiger partial charge >= 0.3 is 0 Å². The number of hydrogen-bond donors (Lipinski definition) is 2. The van der Waals surface area contributed by atoms with Crippen LogP contribution in [0, 0.1) is 11.3 Å². The monoisotopic (exact) mass is 254 g/mol. The van der Waals surface area contributed by atoms with Gasteiger partial charge in [-0.15, -0.1) is 0 Å². The highest BCUT2D eigenvalue weighted by Gasteiger charge is 2.37. The number of unbranched alkanes of at least 4 members (excludes halogenated alkanes) is 1. The topological polar surface area (TPSA) is 55.1 Å². The van der Waals surface area contributed by atoms with E-state index in [1.54, 1.807) is 0 Å². The van der Waals surface area contributed by atoms with Crippen molar-refractivity contribution in [1.82, 2.24) is 5.32 Å². The summed E-state index contributed by atoms with van der Waals surface area (Å²) in [6, 6.07) is 0. The van der Waals surface area contributed by atoms with Crippen molar-refractivity contribution in [2.45, 2.75) is 65.2 Å². The highest BCUT2D eigenvalue weighted by Crippen LogP contribution is 2.42. The van der Waals surface area contributed by atoms with Gasteiger partial charge in [0, 0.05) is 13.0 Å². The summed E-state index contributed by atoms with van der Waals surface area (Å²) in [7, 11) is 0. The van der Waals surface area contributed by atoms with E-state index >= 15 is 0 Å². The summed E-state index contributed by atoms with van der Waals surface area (Å²) in [4.78, 5) is 11.9. The number of rotatable bonds is 9. The first-order chi connectivity index (χ1) is 8.65. The molecule has 0 spiro atoms. The number of hydrogen-bond acceptors (Lipinski definition) is 2. The fourth-order valence-electron chi connectivity index (χ4n) is 2.73. The first-order valence-electron chi connectivity index (χ1n) is 7.62. The molecule has 0 bridgehead atoms. The van der Waals surface area contributed by atoms with Gasteiger partial charge in [0.1, 0.15) is 0 Å². The summed E-state index contributed by atoms with van der Waals surface area (Å²) in [6.45, 7) is 5.93. The minimum Gasteiger partial charge on any atom is -0.356 e. The standard InChI is InChI=1S/C15H30N2O/c1-3-5-7-13(4-2)11-17-14(18)10-15(12-16)8-6-9-15/h13H,3-12,16H2,1-2H3,(H,17,18). The van der Waals surface area contributed by atoms with Crippen LogP contribution in [0.15, 0.2) is 0 Å². The zero-order valence-corrected chi connectivity index (χ0v) is 12.1. The minimum atomic E-state index is 0.134. The van der Waals surface area contributed by atoms with Crippen molar-refractivity contribution in [1.29, 1.82) is 0 Å². The third-order valence-electron chi connectivity index (χ3n) is 4.51. The molecular formula is C15H30N2O. The number of nitrogens with two attached hydrogens (primary N) is 1. The predicted octanol–water partition coefficient (Wildman–Crippen LogP) is 2.84. The van der Waals surface area contributed by atoms with Gasteiger partial charge in [-0.05, 0) is 37.1 Å². The van der Waals surface area contributed by atoms with Crippen LogP contribution in [0.2, 0.25) is 0 Å². The molecule has 0 radical (unpaired) electrons. The van der Waals surface area contributed by atoms with E-state index in [1.165, 1.54) is 25.7 Å². The van der Waals surface area contributed by atoms with Crippen molar-refractivity contribution in [2.75, 3.05) is 13.1 Å². The van der Waals surface area contributed by atoms with Crippen LogP contribution in [0.4, 0.5) is 0 Å². The van der Waals surface area contributed by atoms with Gasteiger partial charge in [0.25, 0.3) is 0 Å². The number of amides is 1. The largest absolute Gasteiger partial charge is 0.356 e. The van der Waals surface area contributed by atoms with Crippen molar-refractivity contribution in [2.24, 2.45) is 17.1 Å². The second-order valence-corrected chi connectivity index (χ2v) is 5.96. The molecule has 3 nitrogen and oxygen atoms in total. The van der Waals surface area contributed by atoms with Gasteiger partial charge in [0.15, 0.2) is 0 Å². The van der Waals surface area contributed by atoms with Crippen molar-refractivity contribution in [3.05, 3.63) is 0 Å². The molecule has 0 aliphatic heterocycles. The molecule has 1 atom stereocenters. The van der Waals surface area contributed by atoms with Crippen LogP contribution in [-0.2, 0) is 4.79 Å². The Kier molecular flexibility index (Phi) is 6.69. The van der Waals surface area contributed by atoms with Gasteiger partial charge in [-0.1, -0.05) is 39.5 Å². The van der Waals surface area contributed by atoms with Crippen LogP contribution in [0.1, 0.15) is 65.2 Å². The Bertz CT molecular complexity index is 243. The molecule has 3 heteroatoms. The van der Waals surface area contributed by atoms with Crippen LogP contribution in [0.3, 0.4) is 0 Å². The van der Waals surface area contributed by atoms with E-state index in [9.17, 15) is 4.79 Å². The fraction of sp³-hybridized carbons (Fsp3) is 0.933. The molecule has 1 aliphatic rings. The average molecular weight is 254 g/mol. The Labute approximate surface area is 112 Å². The number of carbonyl (C=O) groups excluding carboxylic acids is 1. The zero-order chi connectivity index (χ0) is 13.4. The molecule has 1 amide bonds. The maximum atomic E-state index is 11.9. The molecular weight excluding hydrogens is 224 g/mol. The molecule has 3 N–H and O–H groups in total. The van der Waals surface area contributed by atoms with Crippen molar-refractivity contribution < 1.29 is 4.79 Å². The molecule has 1 rings (SSSR count).